The number of nitrogens with zero attached hydrogens (tertiary/aromatic N) is 1. The van der Waals surface area contributed by atoms with Crippen LogP contribution in [-0.2, 0) is 16.3 Å². The summed E-state index contributed by atoms with van der Waals surface area (Å²) in [6.07, 6.45) is 2.49. The van der Waals surface area contributed by atoms with Crippen molar-refractivity contribution in [1.82, 2.24) is 4.98 Å². The maximum Gasteiger partial charge on any atom is 0.206 e. The maximum atomic E-state index is 12.7. The molecule has 0 saturated carbocycles. The number of sulfone groups is 1. The number of pyridine rings is 1. The van der Waals surface area contributed by atoms with Crippen LogP contribution in [0.15, 0.2) is 76.7 Å². The van der Waals surface area contributed by atoms with Gasteiger partial charge in [-0.05, 0) is 54.6 Å². The molecule has 7 heteroatoms. The average Bonchev–Trinajstić information content (AvgIpc) is 2.64. The Labute approximate surface area is 152 Å². The minimum absolute atomic E-state index is 0.148. The highest BCUT2D eigenvalue weighted by Gasteiger charge is 2.18. The molecule has 0 spiro atoms. The molecule has 0 bridgehead atoms. The molecular weight excluding hydrogens is 348 g/mol. The molecule has 2 aromatic carbocycles. The highest BCUT2D eigenvalue weighted by molar-refractivity contribution is 7.91. The summed E-state index contributed by atoms with van der Waals surface area (Å²) in [7, 11) is -3.63. The van der Waals surface area contributed by atoms with Crippen molar-refractivity contribution in [3.8, 4) is 0 Å². The van der Waals surface area contributed by atoms with E-state index < -0.39 is 9.84 Å². The fourth-order valence-electron chi connectivity index (χ4n) is 2.52. The molecule has 0 atom stereocenters. The van der Waals surface area contributed by atoms with Crippen molar-refractivity contribution in [2.75, 3.05) is 23.3 Å². The Bertz CT molecular complexity index is 988. The summed E-state index contributed by atoms with van der Waals surface area (Å²) >= 11 is 0. The molecule has 0 aliphatic heterocycles. The first-order valence-electron chi connectivity index (χ1n) is 8.11. The van der Waals surface area contributed by atoms with E-state index in [0.717, 1.165) is 12.1 Å². The van der Waals surface area contributed by atoms with E-state index in [1.165, 1.54) is 18.2 Å². The van der Waals surface area contributed by atoms with Gasteiger partial charge in [-0.25, -0.2) is 8.42 Å². The Morgan fingerprint density at radius 3 is 2.31 bits per heavy atom. The molecule has 3 rings (SSSR count). The molecule has 6 nitrogen and oxygen atoms in total. The largest absolute Gasteiger partial charge is 0.399 e. The van der Waals surface area contributed by atoms with Crippen molar-refractivity contribution in [3.63, 3.8) is 0 Å². The van der Waals surface area contributed by atoms with Crippen LogP contribution in [0.1, 0.15) is 5.69 Å². The quantitative estimate of drug-likeness (QED) is 0.577. The SMILES string of the molecule is Nc1ccc(S(=O)(=O)c2ccc(NCCc3ccccn3)c(N)c2)cc1. The number of rotatable bonds is 6. The number of anilines is 3. The third kappa shape index (κ3) is 3.94. The standard InChI is InChI=1S/C19H20N4O2S/c20-14-4-6-16(7-5-14)26(24,25)17-8-9-19(18(21)13-17)23-12-10-15-3-1-2-11-22-15/h1-9,11,13,23H,10,12,20-21H2. The van der Waals surface area contributed by atoms with Crippen LogP contribution < -0.4 is 16.8 Å². The molecule has 0 fully saturated rings. The van der Waals surface area contributed by atoms with Crippen molar-refractivity contribution >= 4 is 26.9 Å². The Kier molecular flexibility index (Phi) is 5.09. The van der Waals surface area contributed by atoms with E-state index >= 15 is 0 Å². The molecule has 1 aromatic heterocycles. The third-order valence-corrected chi connectivity index (χ3v) is 5.71. The molecule has 134 valence electrons. The van der Waals surface area contributed by atoms with Crippen molar-refractivity contribution < 1.29 is 8.42 Å². The van der Waals surface area contributed by atoms with Gasteiger partial charge in [-0.2, -0.15) is 0 Å². The highest BCUT2D eigenvalue weighted by Crippen LogP contribution is 2.27. The Hall–Kier alpha value is -3.06. The highest BCUT2D eigenvalue weighted by atomic mass is 32.2. The summed E-state index contributed by atoms with van der Waals surface area (Å²) in [6, 6.07) is 16.5. The number of nitrogen functional groups attached to an aromatic ring is 2. The summed E-state index contributed by atoms with van der Waals surface area (Å²) in [4.78, 5) is 4.59. The average molecular weight is 368 g/mol. The van der Waals surface area contributed by atoms with Gasteiger partial charge in [0.1, 0.15) is 0 Å². The number of benzene rings is 2. The van der Waals surface area contributed by atoms with Crippen LogP contribution in [0.2, 0.25) is 0 Å². The first-order valence-corrected chi connectivity index (χ1v) is 9.59. The molecular formula is C19H20N4O2S. The maximum absolute atomic E-state index is 12.7. The molecule has 0 aliphatic rings. The third-order valence-electron chi connectivity index (χ3n) is 3.95. The predicted molar refractivity (Wildman–Crippen MR) is 104 cm³/mol. The molecule has 1 heterocycles. The van der Waals surface area contributed by atoms with E-state index in [-0.39, 0.29) is 9.79 Å². The van der Waals surface area contributed by atoms with Crippen LogP contribution in [0.25, 0.3) is 0 Å². The molecule has 0 saturated heterocycles. The molecule has 0 unspecified atom stereocenters. The zero-order valence-corrected chi connectivity index (χ0v) is 14.9. The molecule has 0 amide bonds. The lowest BCUT2D eigenvalue weighted by Gasteiger charge is -2.11. The fraction of sp³-hybridized carbons (Fsp3) is 0.105. The van der Waals surface area contributed by atoms with E-state index in [2.05, 4.69) is 10.3 Å². The number of aromatic nitrogens is 1. The summed E-state index contributed by atoms with van der Waals surface area (Å²) in [6.45, 7) is 0.644. The molecule has 5 N–H and O–H groups in total. The van der Waals surface area contributed by atoms with Gasteiger partial charge in [0.2, 0.25) is 9.84 Å². The summed E-state index contributed by atoms with van der Waals surface area (Å²) in [5.74, 6) is 0. The first-order chi connectivity index (χ1) is 12.5. The van der Waals surface area contributed by atoms with Crippen LogP contribution in [0.4, 0.5) is 17.1 Å². The van der Waals surface area contributed by atoms with Gasteiger partial charge in [-0.1, -0.05) is 6.07 Å². The van der Waals surface area contributed by atoms with Crippen molar-refractivity contribution in [3.05, 3.63) is 72.6 Å². The van der Waals surface area contributed by atoms with Gasteiger partial charge in [-0.3, -0.25) is 4.98 Å². The van der Waals surface area contributed by atoms with Crippen LogP contribution in [0.3, 0.4) is 0 Å². The van der Waals surface area contributed by atoms with E-state index in [0.29, 0.717) is 23.6 Å². The summed E-state index contributed by atoms with van der Waals surface area (Å²) in [5, 5.41) is 3.21. The monoisotopic (exact) mass is 368 g/mol. The van der Waals surface area contributed by atoms with Crippen LogP contribution in [-0.4, -0.2) is 19.9 Å². The number of nitrogens with two attached hydrogens (primary N) is 2. The number of hydrogen-bond donors (Lipinski definition) is 3. The van der Waals surface area contributed by atoms with Crippen molar-refractivity contribution in [2.45, 2.75) is 16.2 Å². The molecule has 3 aromatic rings. The van der Waals surface area contributed by atoms with Gasteiger partial charge in [0.15, 0.2) is 0 Å². The van der Waals surface area contributed by atoms with Crippen LogP contribution in [0.5, 0.6) is 0 Å². The number of hydrogen-bond acceptors (Lipinski definition) is 6. The van der Waals surface area contributed by atoms with E-state index in [1.807, 2.05) is 18.2 Å². The second kappa shape index (κ2) is 7.45. The second-order valence-corrected chi connectivity index (χ2v) is 7.77. The fourth-order valence-corrected chi connectivity index (χ4v) is 3.82. The van der Waals surface area contributed by atoms with Gasteiger partial charge in [-0.15, -0.1) is 0 Å². The van der Waals surface area contributed by atoms with Crippen LogP contribution >= 0.6 is 0 Å². The summed E-state index contributed by atoms with van der Waals surface area (Å²) in [5.41, 5.74) is 14.2. The van der Waals surface area contributed by atoms with Gasteiger partial charge < -0.3 is 16.8 Å². The summed E-state index contributed by atoms with van der Waals surface area (Å²) < 4.78 is 25.4. The first kappa shape index (κ1) is 17.8. The zero-order chi connectivity index (χ0) is 18.6. The molecule has 0 aliphatic carbocycles. The van der Waals surface area contributed by atoms with Gasteiger partial charge in [0.25, 0.3) is 0 Å². The van der Waals surface area contributed by atoms with E-state index in [4.69, 9.17) is 11.5 Å². The second-order valence-electron chi connectivity index (χ2n) is 5.82. The van der Waals surface area contributed by atoms with Crippen LogP contribution in [0, 0.1) is 0 Å². The lowest BCUT2D eigenvalue weighted by molar-refractivity contribution is 0.596. The Balaban J connectivity index is 1.73. The van der Waals surface area contributed by atoms with Gasteiger partial charge in [0.05, 0.1) is 21.2 Å². The van der Waals surface area contributed by atoms with E-state index in [9.17, 15) is 8.42 Å². The lowest BCUT2D eigenvalue weighted by Crippen LogP contribution is -2.09. The zero-order valence-electron chi connectivity index (χ0n) is 14.1. The van der Waals surface area contributed by atoms with Gasteiger partial charge in [0, 0.05) is 30.5 Å². The lowest BCUT2D eigenvalue weighted by atomic mass is 10.2. The van der Waals surface area contributed by atoms with Crippen molar-refractivity contribution in [1.29, 1.82) is 0 Å². The van der Waals surface area contributed by atoms with Crippen molar-refractivity contribution in [2.24, 2.45) is 0 Å². The molecule has 0 radical (unpaired) electrons. The minimum Gasteiger partial charge on any atom is -0.399 e. The normalized spacial score (nSPS) is 11.2. The molecule has 26 heavy (non-hydrogen) atoms. The number of nitrogens with one attached hydrogen (secondary N) is 1. The van der Waals surface area contributed by atoms with E-state index in [1.54, 1.807) is 30.5 Å². The minimum atomic E-state index is -3.63. The topological polar surface area (TPSA) is 111 Å². The smallest absolute Gasteiger partial charge is 0.206 e. The Morgan fingerprint density at radius 1 is 0.923 bits per heavy atom. The van der Waals surface area contributed by atoms with Gasteiger partial charge >= 0.3 is 0 Å². The predicted octanol–water partition coefficient (Wildman–Crippen LogP) is 2.73. The Morgan fingerprint density at radius 2 is 1.65 bits per heavy atom.